The molecule has 0 saturated carbocycles. The molecule has 0 spiro atoms. The maximum absolute atomic E-state index is 12.7. The van der Waals surface area contributed by atoms with E-state index in [2.05, 4.69) is 30.7 Å². The number of nitro groups is 1. The van der Waals surface area contributed by atoms with Gasteiger partial charge in [-0.25, -0.2) is 9.78 Å². The Labute approximate surface area is 214 Å². The SMILES string of the molecule is CCc1nn(Cc2ccc(-c3ccccc3-c3nnn[nH]3)cc2)c(=NC(=O)c2ccc([N+](=O)[O-])cc2)s1. The van der Waals surface area contributed by atoms with E-state index in [1.807, 2.05) is 55.5 Å². The summed E-state index contributed by atoms with van der Waals surface area (Å²) in [5.41, 5.74) is 4.07. The molecular weight excluding hydrogens is 492 g/mol. The third-order valence-electron chi connectivity index (χ3n) is 5.61. The van der Waals surface area contributed by atoms with Crippen molar-refractivity contribution >= 4 is 22.9 Å². The summed E-state index contributed by atoms with van der Waals surface area (Å²) in [5, 5.41) is 30.5. The van der Waals surface area contributed by atoms with Gasteiger partial charge in [-0.15, -0.1) is 5.10 Å². The molecule has 0 aliphatic carbocycles. The summed E-state index contributed by atoms with van der Waals surface area (Å²) in [6.07, 6.45) is 0.706. The van der Waals surface area contributed by atoms with Crippen LogP contribution in [0.15, 0.2) is 77.8 Å². The van der Waals surface area contributed by atoms with Gasteiger partial charge in [-0.2, -0.15) is 10.1 Å². The monoisotopic (exact) mass is 512 g/mol. The van der Waals surface area contributed by atoms with Crippen LogP contribution in [0.2, 0.25) is 0 Å². The third kappa shape index (κ3) is 5.23. The number of aromatic nitrogens is 6. The largest absolute Gasteiger partial charge is 0.279 e. The van der Waals surface area contributed by atoms with Crippen LogP contribution in [-0.4, -0.2) is 41.2 Å². The van der Waals surface area contributed by atoms with Crippen LogP contribution in [0.5, 0.6) is 0 Å². The van der Waals surface area contributed by atoms with Crippen molar-refractivity contribution in [2.24, 2.45) is 4.99 Å². The van der Waals surface area contributed by atoms with E-state index in [1.165, 1.54) is 35.6 Å². The van der Waals surface area contributed by atoms with Gasteiger partial charge in [0.15, 0.2) is 5.82 Å². The maximum atomic E-state index is 12.7. The highest BCUT2D eigenvalue weighted by atomic mass is 32.1. The molecule has 11 nitrogen and oxygen atoms in total. The number of non-ortho nitro benzene ring substituents is 1. The molecule has 0 aliphatic rings. The van der Waals surface area contributed by atoms with Crippen LogP contribution in [0.1, 0.15) is 27.9 Å². The Balaban J connectivity index is 1.41. The summed E-state index contributed by atoms with van der Waals surface area (Å²) in [6.45, 7) is 2.41. The lowest BCUT2D eigenvalue weighted by atomic mass is 9.98. The van der Waals surface area contributed by atoms with Crippen molar-refractivity contribution < 1.29 is 9.72 Å². The molecule has 0 bridgehead atoms. The molecule has 184 valence electrons. The maximum Gasteiger partial charge on any atom is 0.279 e. The first kappa shape index (κ1) is 23.9. The number of tetrazole rings is 1. The van der Waals surface area contributed by atoms with Gasteiger partial charge < -0.3 is 0 Å². The van der Waals surface area contributed by atoms with E-state index in [4.69, 9.17) is 0 Å². The van der Waals surface area contributed by atoms with E-state index in [0.29, 0.717) is 23.6 Å². The van der Waals surface area contributed by atoms with E-state index in [-0.39, 0.29) is 11.3 Å². The number of nitrogens with zero attached hydrogens (tertiary/aromatic N) is 7. The number of aryl methyl sites for hydroxylation is 1. The van der Waals surface area contributed by atoms with E-state index in [1.54, 1.807) is 4.68 Å². The van der Waals surface area contributed by atoms with Gasteiger partial charge >= 0.3 is 0 Å². The topological polar surface area (TPSA) is 145 Å². The fraction of sp³-hybridized carbons (Fsp3) is 0.120. The number of amides is 1. The molecule has 12 heteroatoms. The lowest BCUT2D eigenvalue weighted by Crippen LogP contribution is -2.19. The lowest BCUT2D eigenvalue weighted by Gasteiger charge is -2.08. The molecule has 0 aliphatic heterocycles. The molecule has 3 aromatic carbocycles. The van der Waals surface area contributed by atoms with Gasteiger partial charge in [0.2, 0.25) is 4.80 Å². The second-order valence-electron chi connectivity index (χ2n) is 8.00. The van der Waals surface area contributed by atoms with Crippen LogP contribution < -0.4 is 4.80 Å². The second-order valence-corrected chi connectivity index (χ2v) is 9.04. The molecule has 1 amide bonds. The molecule has 1 N–H and O–H groups in total. The normalized spacial score (nSPS) is 11.5. The number of carbonyl (C=O) groups is 1. The molecule has 0 radical (unpaired) electrons. The number of carbonyl (C=O) groups excluding carboxylic acids is 1. The molecule has 0 fully saturated rings. The van der Waals surface area contributed by atoms with Crippen LogP contribution in [0.25, 0.3) is 22.5 Å². The number of nitro benzene ring substituents is 1. The number of aromatic amines is 1. The number of rotatable bonds is 7. The summed E-state index contributed by atoms with van der Waals surface area (Å²) in [4.78, 5) is 27.8. The van der Waals surface area contributed by atoms with Gasteiger partial charge in [0, 0.05) is 23.3 Å². The highest BCUT2D eigenvalue weighted by Gasteiger charge is 2.13. The van der Waals surface area contributed by atoms with Crippen molar-refractivity contribution in [3.8, 4) is 22.5 Å². The van der Waals surface area contributed by atoms with E-state index in [0.717, 1.165) is 27.3 Å². The molecule has 0 saturated heterocycles. The van der Waals surface area contributed by atoms with E-state index in [9.17, 15) is 14.9 Å². The Morgan fingerprint density at radius 2 is 1.78 bits per heavy atom. The Hall–Kier alpha value is -4.84. The lowest BCUT2D eigenvalue weighted by molar-refractivity contribution is -0.384. The van der Waals surface area contributed by atoms with Crippen LogP contribution in [-0.2, 0) is 13.0 Å². The molecule has 37 heavy (non-hydrogen) atoms. The first-order valence-electron chi connectivity index (χ1n) is 11.3. The summed E-state index contributed by atoms with van der Waals surface area (Å²) in [7, 11) is 0. The van der Waals surface area contributed by atoms with Gasteiger partial charge in [-0.1, -0.05) is 66.8 Å². The Morgan fingerprint density at radius 3 is 2.43 bits per heavy atom. The van der Waals surface area contributed by atoms with Gasteiger partial charge in [-0.05, 0) is 45.7 Å². The molecular formula is C25H20N8O3S. The minimum Gasteiger partial charge on any atom is -0.267 e. The van der Waals surface area contributed by atoms with Gasteiger partial charge in [0.1, 0.15) is 5.01 Å². The first-order valence-corrected chi connectivity index (χ1v) is 12.2. The van der Waals surface area contributed by atoms with Crippen LogP contribution in [0.4, 0.5) is 5.69 Å². The second kappa shape index (κ2) is 10.4. The first-order chi connectivity index (χ1) is 18.0. The molecule has 2 heterocycles. The molecule has 2 aromatic heterocycles. The zero-order chi connectivity index (χ0) is 25.8. The quantitative estimate of drug-likeness (QED) is 0.256. The Bertz CT molecular complexity index is 1620. The van der Waals surface area contributed by atoms with Crippen LogP contribution in [0.3, 0.4) is 0 Å². The predicted octanol–water partition coefficient (Wildman–Crippen LogP) is 4.05. The van der Waals surface area contributed by atoms with E-state index >= 15 is 0 Å². The standard InChI is InChI=1S/C25H20N8O3S/c1-2-22-29-32(25(37-22)26-24(34)18-11-13-19(14-12-18)33(35)36)15-16-7-9-17(10-8-16)20-5-3-4-6-21(20)23-27-30-31-28-23/h3-14H,2,15H2,1H3,(H,27,28,30,31). The highest BCUT2D eigenvalue weighted by Crippen LogP contribution is 2.29. The number of hydrogen-bond donors (Lipinski definition) is 1. The van der Waals surface area contributed by atoms with Gasteiger partial charge in [0.05, 0.1) is 11.5 Å². The smallest absolute Gasteiger partial charge is 0.267 e. The zero-order valence-electron chi connectivity index (χ0n) is 19.6. The van der Waals surface area contributed by atoms with Crippen molar-refractivity contribution in [3.63, 3.8) is 0 Å². The van der Waals surface area contributed by atoms with Crippen LogP contribution >= 0.6 is 11.3 Å². The van der Waals surface area contributed by atoms with Crippen molar-refractivity contribution in [1.82, 2.24) is 30.4 Å². The number of benzene rings is 3. The number of nitrogens with one attached hydrogen (secondary N) is 1. The minimum absolute atomic E-state index is 0.0822. The van der Waals surface area contributed by atoms with Gasteiger partial charge in [0.25, 0.3) is 11.6 Å². The molecule has 5 rings (SSSR count). The molecule has 5 aromatic rings. The average Bonchev–Trinajstić information content (AvgIpc) is 3.60. The van der Waals surface area contributed by atoms with E-state index < -0.39 is 10.8 Å². The molecule has 0 atom stereocenters. The van der Waals surface area contributed by atoms with Crippen molar-refractivity contribution in [2.45, 2.75) is 19.9 Å². The Kier molecular flexibility index (Phi) is 6.72. The third-order valence-corrected chi connectivity index (χ3v) is 6.70. The van der Waals surface area contributed by atoms with Gasteiger partial charge in [-0.3, -0.25) is 14.9 Å². The fourth-order valence-corrected chi connectivity index (χ4v) is 4.57. The highest BCUT2D eigenvalue weighted by molar-refractivity contribution is 7.08. The summed E-state index contributed by atoms with van der Waals surface area (Å²) >= 11 is 1.34. The summed E-state index contributed by atoms with van der Waals surface area (Å²) < 4.78 is 1.70. The fourth-order valence-electron chi connectivity index (χ4n) is 3.74. The summed E-state index contributed by atoms with van der Waals surface area (Å²) in [6, 6.07) is 21.3. The van der Waals surface area contributed by atoms with Crippen LogP contribution in [0, 0.1) is 10.1 Å². The van der Waals surface area contributed by atoms with Crippen molar-refractivity contribution in [2.75, 3.05) is 0 Å². The molecule has 0 unspecified atom stereocenters. The summed E-state index contributed by atoms with van der Waals surface area (Å²) in [5.74, 6) is 0.109. The average molecular weight is 513 g/mol. The Morgan fingerprint density at radius 1 is 1.05 bits per heavy atom. The van der Waals surface area contributed by atoms with Crippen molar-refractivity contribution in [3.05, 3.63) is 104 Å². The number of hydrogen-bond acceptors (Lipinski definition) is 8. The predicted molar refractivity (Wildman–Crippen MR) is 137 cm³/mol. The van der Waals surface area contributed by atoms with Crippen molar-refractivity contribution in [1.29, 1.82) is 0 Å². The number of H-pyrrole nitrogens is 1. The minimum atomic E-state index is -0.509. The zero-order valence-corrected chi connectivity index (χ0v) is 20.4.